The first kappa shape index (κ1) is 13.6. The van der Waals surface area contributed by atoms with Gasteiger partial charge in [-0.05, 0) is 31.0 Å². The molecule has 2 N–H and O–H groups in total. The van der Waals surface area contributed by atoms with Gasteiger partial charge in [0.15, 0.2) is 0 Å². The Balaban J connectivity index is 2.34. The fourth-order valence-electron chi connectivity index (χ4n) is 2.15. The van der Waals surface area contributed by atoms with E-state index in [-0.39, 0.29) is 9.92 Å². The molecular weight excluding hydrogens is 272 g/mol. The van der Waals surface area contributed by atoms with Gasteiger partial charge in [0.25, 0.3) is 0 Å². The molecule has 0 aromatic heterocycles. The first-order chi connectivity index (χ1) is 8.51. The van der Waals surface area contributed by atoms with E-state index in [0.29, 0.717) is 18.8 Å². The van der Waals surface area contributed by atoms with E-state index < -0.39 is 10.0 Å². The number of hydrogen-bond donors (Lipinski definition) is 1. The third kappa shape index (κ3) is 2.79. The Bertz CT molecular complexity index is 523. The van der Waals surface area contributed by atoms with E-state index in [4.69, 9.17) is 17.3 Å². The highest BCUT2D eigenvalue weighted by Gasteiger charge is 2.27. The third-order valence-electron chi connectivity index (χ3n) is 3.14. The molecule has 0 amide bonds. The smallest absolute Gasteiger partial charge is 0.244 e. The molecule has 1 fully saturated rings. The van der Waals surface area contributed by atoms with Crippen molar-refractivity contribution in [2.45, 2.75) is 30.6 Å². The quantitative estimate of drug-likeness (QED) is 0.851. The van der Waals surface area contributed by atoms with Gasteiger partial charge < -0.3 is 5.73 Å². The molecule has 0 spiro atoms. The van der Waals surface area contributed by atoms with Gasteiger partial charge in [-0.15, -0.1) is 0 Å². The van der Waals surface area contributed by atoms with Crippen molar-refractivity contribution in [1.29, 1.82) is 0 Å². The summed E-state index contributed by atoms with van der Waals surface area (Å²) in [4.78, 5) is 0.153. The Morgan fingerprint density at radius 1 is 1.11 bits per heavy atom. The molecule has 0 aliphatic carbocycles. The van der Waals surface area contributed by atoms with Gasteiger partial charge in [0.2, 0.25) is 10.0 Å². The van der Waals surface area contributed by atoms with Gasteiger partial charge in [-0.25, -0.2) is 8.42 Å². The lowest BCUT2D eigenvalue weighted by Gasteiger charge is -2.20. The molecule has 0 unspecified atom stereocenters. The molecule has 1 aliphatic rings. The van der Waals surface area contributed by atoms with E-state index in [9.17, 15) is 8.42 Å². The first-order valence-corrected chi connectivity index (χ1v) is 7.89. The first-order valence-electron chi connectivity index (χ1n) is 6.07. The van der Waals surface area contributed by atoms with Gasteiger partial charge in [-0.1, -0.05) is 24.4 Å². The fraction of sp³-hybridized carbons (Fsp3) is 0.500. The van der Waals surface area contributed by atoms with Crippen molar-refractivity contribution >= 4 is 27.3 Å². The molecule has 1 aromatic carbocycles. The molecular formula is C12H17ClN2O2S. The number of halogens is 1. The van der Waals surface area contributed by atoms with Crippen LogP contribution >= 0.6 is 11.6 Å². The van der Waals surface area contributed by atoms with Crippen molar-refractivity contribution in [1.82, 2.24) is 4.31 Å². The Morgan fingerprint density at radius 2 is 1.72 bits per heavy atom. The third-order valence-corrected chi connectivity index (χ3v) is 5.52. The van der Waals surface area contributed by atoms with Crippen molar-refractivity contribution < 1.29 is 8.42 Å². The molecule has 100 valence electrons. The number of anilines is 1. The molecule has 0 radical (unpaired) electrons. The molecule has 0 saturated carbocycles. The second-order valence-electron chi connectivity index (χ2n) is 4.51. The van der Waals surface area contributed by atoms with Crippen LogP contribution in [0.5, 0.6) is 0 Å². The summed E-state index contributed by atoms with van der Waals surface area (Å²) >= 11 is 5.99. The van der Waals surface area contributed by atoms with E-state index in [2.05, 4.69) is 0 Å². The zero-order valence-corrected chi connectivity index (χ0v) is 11.7. The van der Waals surface area contributed by atoms with E-state index in [0.717, 1.165) is 25.7 Å². The summed E-state index contributed by atoms with van der Waals surface area (Å²) in [7, 11) is -3.49. The molecule has 1 aromatic rings. The normalized spacial score (nSPS) is 18.5. The minimum absolute atomic E-state index is 0.153. The second-order valence-corrected chi connectivity index (χ2v) is 6.82. The summed E-state index contributed by atoms with van der Waals surface area (Å²) < 4.78 is 26.5. The minimum Gasteiger partial charge on any atom is -0.399 e. The summed E-state index contributed by atoms with van der Waals surface area (Å²) in [6.07, 6.45) is 3.99. The maximum atomic E-state index is 12.5. The molecule has 1 saturated heterocycles. The maximum absolute atomic E-state index is 12.5. The van der Waals surface area contributed by atoms with Crippen molar-refractivity contribution in [2.24, 2.45) is 0 Å². The van der Waals surface area contributed by atoms with Crippen LogP contribution in [-0.2, 0) is 10.0 Å². The fourth-order valence-corrected chi connectivity index (χ4v) is 4.19. The lowest BCUT2D eigenvalue weighted by Crippen LogP contribution is -2.32. The van der Waals surface area contributed by atoms with Crippen LogP contribution in [0.1, 0.15) is 25.7 Å². The Kier molecular flexibility index (Phi) is 4.14. The monoisotopic (exact) mass is 288 g/mol. The molecule has 0 atom stereocenters. The Morgan fingerprint density at radius 3 is 2.28 bits per heavy atom. The molecule has 0 bridgehead atoms. The summed E-state index contributed by atoms with van der Waals surface area (Å²) in [5.41, 5.74) is 6.05. The highest BCUT2D eigenvalue weighted by atomic mass is 35.5. The Labute approximate surface area is 113 Å². The lowest BCUT2D eigenvalue weighted by molar-refractivity contribution is 0.424. The summed E-state index contributed by atoms with van der Waals surface area (Å²) in [6.45, 7) is 1.14. The molecule has 4 nitrogen and oxygen atoms in total. The highest BCUT2D eigenvalue weighted by Crippen LogP contribution is 2.27. The van der Waals surface area contributed by atoms with E-state index in [1.165, 1.54) is 16.4 Å². The topological polar surface area (TPSA) is 63.4 Å². The molecule has 2 rings (SSSR count). The van der Waals surface area contributed by atoms with Crippen LogP contribution < -0.4 is 5.73 Å². The molecule has 1 aliphatic heterocycles. The SMILES string of the molecule is Nc1ccc(S(=O)(=O)N2CCCCCC2)c(Cl)c1. The van der Waals surface area contributed by atoms with E-state index in [1.807, 2.05) is 0 Å². The van der Waals surface area contributed by atoms with Crippen LogP contribution in [0.25, 0.3) is 0 Å². The predicted molar refractivity (Wildman–Crippen MR) is 73.1 cm³/mol. The maximum Gasteiger partial charge on any atom is 0.244 e. The number of rotatable bonds is 2. The number of nitrogens with zero attached hydrogens (tertiary/aromatic N) is 1. The Hall–Kier alpha value is -0.780. The lowest BCUT2D eigenvalue weighted by atomic mass is 10.2. The van der Waals surface area contributed by atoms with Gasteiger partial charge in [-0.3, -0.25) is 0 Å². The molecule has 1 heterocycles. The van der Waals surface area contributed by atoms with Crippen molar-refractivity contribution in [3.05, 3.63) is 23.2 Å². The van der Waals surface area contributed by atoms with Crippen molar-refractivity contribution in [3.63, 3.8) is 0 Å². The number of benzene rings is 1. The van der Waals surface area contributed by atoms with Gasteiger partial charge >= 0.3 is 0 Å². The van der Waals surface area contributed by atoms with Crippen LogP contribution in [0.3, 0.4) is 0 Å². The summed E-state index contributed by atoms with van der Waals surface area (Å²) in [5, 5.41) is 0.194. The second kappa shape index (κ2) is 5.47. The van der Waals surface area contributed by atoms with Crippen LogP contribution in [0, 0.1) is 0 Å². The zero-order chi connectivity index (χ0) is 13.2. The average Bonchev–Trinajstić information content (AvgIpc) is 2.57. The van der Waals surface area contributed by atoms with Crippen LogP contribution in [0.2, 0.25) is 5.02 Å². The molecule has 18 heavy (non-hydrogen) atoms. The van der Waals surface area contributed by atoms with E-state index >= 15 is 0 Å². The number of nitrogens with two attached hydrogens (primary N) is 1. The van der Waals surface area contributed by atoms with Crippen LogP contribution in [-0.4, -0.2) is 25.8 Å². The summed E-state index contributed by atoms with van der Waals surface area (Å²) in [6, 6.07) is 4.53. The summed E-state index contributed by atoms with van der Waals surface area (Å²) in [5.74, 6) is 0. The predicted octanol–water partition coefficient (Wildman–Crippen LogP) is 2.49. The zero-order valence-electron chi connectivity index (χ0n) is 10.1. The van der Waals surface area contributed by atoms with Crippen LogP contribution in [0.15, 0.2) is 23.1 Å². The standard InChI is InChI=1S/C12H17ClN2O2S/c13-11-9-10(14)5-6-12(11)18(16,17)15-7-3-1-2-4-8-15/h5-6,9H,1-4,7-8,14H2. The average molecular weight is 289 g/mol. The highest BCUT2D eigenvalue weighted by molar-refractivity contribution is 7.89. The van der Waals surface area contributed by atoms with Crippen LogP contribution in [0.4, 0.5) is 5.69 Å². The van der Waals surface area contributed by atoms with Crippen molar-refractivity contribution in [2.75, 3.05) is 18.8 Å². The van der Waals surface area contributed by atoms with E-state index in [1.54, 1.807) is 6.07 Å². The van der Waals surface area contributed by atoms with Crippen molar-refractivity contribution in [3.8, 4) is 0 Å². The number of nitrogen functional groups attached to an aromatic ring is 1. The molecule has 6 heteroatoms. The van der Waals surface area contributed by atoms with Gasteiger partial charge in [0, 0.05) is 18.8 Å². The number of sulfonamides is 1. The number of hydrogen-bond acceptors (Lipinski definition) is 3. The van der Waals surface area contributed by atoms with Gasteiger partial charge in [-0.2, -0.15) is 4.31 Å². The van der Waals surface area contributed by atoms with Gasteiger partial charge in [0.1, 0.15) is 4.90 Å². The van der Waals surface area contributed by atoms with Gasteiger partial charge in [0.05, 0.1) is 5.02 Å². The largest absolute Gasteiger partial charge is 0.399 e. The minimum atomic E-state index is -3.49.